The van der Waals surface area contributed by atoms with Crippen molar-refractivity contribution in [2.75, 3.05) is 0 Å². The van der Waals surface area contributed by atoms with Crippen LogP contribution in [0.1, 0.15) is 11.1 Å². The predicted molar refractivity (Wildman–Crippen MR) is 195 cm³/mol. The number of nitriles is 1. The Morgan fingerprint density at radius 1 is 0.404 bits per heavy atom. The molecule has 47 heavy (non-hydrogen) atoms. The molecule has 220 valence electrons. The van der Waals surface area contributed by atoms with Crippen LogP contribution in [0.25, 0.3) is 77.2 Å². The summed E-state index contributed by atoms with van der Waals surface area (Å²) in [7, 11) is 0. The fourth-order valence-corrected chi connectivity index (χ4v) is 7.10. The van der Waals surface area contributed by atoms with Crippen molar-refractivity contribution in [1.82, 2.24) is 9.13 Å². The molecule has 0 atom stereocenters. The standard InChI is InChI=1S/C44H29N3/c1-29-10-20-35(21-11-29)46-41-8-4-2-6-37(41)39-26-33(18-24-43(39)46)31-14-16-32(17-15-31)34-19-25-44-40(27-34)38-7-3-5-9-42(38)47(44)36-22-12-30(28-45)13-23-36/h2-27H,1H3. The average Bonchev–Trinajstić information content (AvgIpc) is 3.64. The molecule has 0 radical (unpaired) electrons. The van der Waals surface area contributed by atoms with Gasteiger partial charge in [0.05, 0.1) is 33.7 Å². The molecule has 0 spiro atoms. The zero-order valence-electron chi connectivity index (χ0n) is 25.9. The summed E-state index contributed by atoms with van der Waals surface area (Å²) in [6.07, 6.45) is 0. The Morgan fingerprint density at radius 3 is 1.28 bits per heavy atom. The van der Waals surface area contributed by atoms with Gasteiger partial charge in [-0.15, -0.1) is 0 Å². The molecule has 2 aromatic heterocycles. The highest BCUT2D eigenvalue weighted by molar-refractivity contribution is 6.11. The number of hydrogen-bond acceptors (Lipinski definition) is 1. The topological polar surface area (TPSA) is 33.6 Å². The molecule has 0 amide bonds. The van der Waals surface area contributed by atoms with Crippen molar-refractivity contribution < 1.29 is 0 Å². The van der Waals surface area contributed by atoms with Crippen LogP contribution in [-0.2, 0) is 0 Å². The lowest BCUT2D eigenvalue weighted by molar-refractivity contribution is 1.17. The van der Waals surface area contributed by atoms with Gasteiger partial charge < -0.3 is 9.13 Å². The molecule has 0 fully saturated rings. The molecule has 0 saturated heterocycles. The highest BCUT2D eigenvalue weighted by Crippen LogP contribution is 2.37. The van der Waals surface area contributed by atoms with Gasteiger partial charge in [0.2, 0.25) is 0 Å². The van der Waals surface area contributed by atoms with Crippen LogP contribution < -0.4 is 0 Å². The van der Waals surface area contributed by atoms with Crippen LogP contribution in [0.15, 0.2) is 158 Å². The summed E-state index contributed by atoms with van der Waals surface area (Å²) >= 11 is 0. The first-order chi connectivity index (χ1) is 23.2. The Kier molecular flexibility index (Phi) is 6.10. The summed E-state index contributed by atoms with van der Waals surface area (Å²) in [4.78, 5) is 0. The van der Waals surface area contributed by atoms with Crippen LogP contribution in [0.5, 0.6) is 0 Å². The Balaban J connectivity index is 1.11. The summed E-state index contributed by atoms with van der Waals surface area (Å²) in [5, 5.41) is 14.2. The lowest BCUT2D eigenvalue weighted by Crippen LogP contribution is -1.93. The number of aryl methyl sites for hydroxylation is 1. The molecule has 9 aromatic rings. The maximum absolute atomic E-state index is 9.29. The van der Waals surface area contributed by atoms with Gasteiger partial charge in [0.25, 0.3) is 0 Å². The van der Waals surface area contributed by atoms with Crippen LogP contribution in [0.3, 0.4) is 0 Å². The molecule has 0 saturated carbocycles. The van der Waals surface area contributed by atoms with E-state index in [-0.39, 0.29) is 0 Å². The first kappa shape index (κ1) is 27.0. The zero-order chi connectivity index (χ0) is 31.5. The van der Waals surface area contributed by atoms with Crippen LogP contribution in [0.2, 0.25) is 0 Å². The fourth-order valence-electron chi connectivity index (χ4n) is 7.10. The van der Waals surface area contributed by atoms with Gasteiger partial charge in [-0.25, -0.2) is 0 Å². The van der Waals surface area contributed by atoms with E-state index in [1.807, 2.05) is 24.3 Å². The number of benzene rings is 7. The quantitative estimate of drug-likeness (QED) is 0.198. The molecule has 0 aliphatic carbocycles. The normalized spacial score (nSPS) is 11.5. The van der Waals surface area contributed by atoms with Gasteiger partial charge in [0.1, 0.15) is 0 Å². The molecule has 3 nitrogen and oxygen atoms in total. The van der Waals surface area contributed by atoms with Crippen molar-refractivity contribution in [2.45, 2.75) is 6.92 Å². The van der Waals surface area contributed by atoms with Crippen molar-refractivity contribution in [2.24, 2.45) is 0 Å². The maximum atomic E-state index is 9.29. The Hall–Kier alpha value is -6.37. The first-order valence-corrected chi connectivity index (χ1v) is 15.9. The average molecular weight is 600 g/mol. The third-order valence-corrected chi connectivity index (χ3v) is 9.44. The molecule has 0 bridgehead atoms. The van der Waals surface area contributed by atoms with Gasteiger partial charge in [-0.2, -0.15) is 5.26 Å². The maximum Gasteiger partial charge on any atom is 0.0991 e. The van der Waals surface area contributed by atoms with Crippen LogP contribution in [-0.4, -0.2) is 9.13 Å². The van der Waals surface area contributed by atoms with E-state index in [0.717, 1.165) is 16.7 Å². The number of hydrogen-bond donors (Lipinski definition) is 0. The van der Waals surface area contributed by atoms with E-state index >= 15 is 0 Å². The van der Waals surface area contributed by atoms with E-state index in [4.69, 9.17) is 0 Å². The van der Waals surface area contributed by atoms with E-state index < -0.39 is 0 Å². The summed E-state index contributed by atoms with van der Waals surface area (Å²) in [6, 6.07) is 58.5. The highest BCUT2D eigenvalue weighted by Gasteiger charge is 2.15. The Labute approximate surface area is 272 Å². The van der Waals surface area contributed by atoms with Gasteiger partial charge in [-0.05, 0) is 102 Å². The highest BCUT2D eigenvalue weighted by atomic mass is 15.0. The van der Waals surface area contributed by atoms with E-state index in [0.29, 0.717) is 5.56 Å². The van der Waals surface area contributed by atoms with E-state index in [2.05, 4.69) is 156 Å². The van der Waals surface area contributed by atoms with E-state index in [9.17, 15) is 5.26 Å². The van der Waals surface area contributed by atoms with Crippen molar-refractivity contribution in [3.63, 3.8) is 0 Å². The molecule has 9 rings (SSSR count). The lowest BCUT2D eigenvalue weighted by atomic mass is 9.98. The van der Waals surface area contributed by atoms with Gasteiger partial charge >= 0.3 is 0 Å². The third kappa shape index (κ3) is 4.35. The Morgan fingerprint density at radius 2 is 0.809 bits per heavy atom. The van der Waals surface area contributed by atoms with Crippen molar-refractivity contribution in [3.05, 3.63) is 169 Å². The van der Waals surface area contributed by atoms with Crippen molar-refractivity contribution in [1.29, 1.82) is 5.26 Å². The predicted octanol–water partition coefficient (Wildman–Crippen LogP) is 11.4. The molecule has 0 aliphatic heterocycles. The summed E-state index contributed by atoms with van der Waals surface area (Å²) in [6.45, 7) is 2.13. The molecule has 7 aromatic carbocycles. The third-order valence-electron chi connectivity index (χ3n) is 9.44. The second-order valence-electron chi connectivity index (χ2n) is 12.2. The van der Waals surface area contributed by atoms with Gasteiger partial charge in [-0.3, -0.25) is 0 Å². The molecule has 0 aliphatic rings. The first-order valence-electron chi connectivity index (χ1n) is 15.9. The number of rotatable bonds is 4. The monoisotopic (exact) mass is 599 g/mol. The van der Waals surface area contributed by atoms with Crippen molar-refractivity contribution >= 4 is 43.6 Å². The Bertz CT molecular complexity index is 2660. The lowest BCUT2D eigenvalue weighted by Gasteiger charge is -2.10. The summed E-state index contributed by atoms with van der Waals surface area (Å²) in [5.74, 6) is 0. The molecular formula is C44H29N3. The molecule has 3 heteroatoms. The van der Waals surface area contributed by atoms with E-state index in [1.165, 1.54) is 66.1 Å². The minimum atomic E-state index is 0.661. The van der Waals surface area contributed by atoms with Crippen LogP contribution in [0, 0.1) is 18.3 Å². The number of nitrogens with zero attached hydrogens (tertiary/aromatic N) is 3. The summed E-state index contributed by atoms with van der Waals surface area (Å²) in [5.41, 5.74) is 13.6. The van der Waals surface area contributed by atoms with Crippen molar-refractivity contribution in [3.8, 4) is 39.7 Å². The molecular weight excluding hydrogens is 571 g/mol. The van der Waals surface area contributed by atoms with E-state index in [1.54, 1.807) is 0 Å². The second-order valence-corrected chi connectivity index (χ2v) is 12.2. The molecule has 0 N–H and O–H groups in total. The smallest absolute Gasteiger partial charge is 0.0991 e. The largest absolute Gasteiger partial charge is 0.309 e. The van der Waals surface area contributed by atoms with Crippen LogP contribution in [0.4, 0.5) is 0 Å². The van der Waals surface area contributed by atoms with Gasteiger partial charge in [-0.1, -0.05) is 90.5 Å². The molecule has 0 unspecified atom stereocenters. The van der Waals surface area contributed by atoms with Gasteiger partial charge in [0, 0.05) is 32.9 Å². The fraction of sp³-hybridized carbons (Fsp3) is 0.0227. The zero-order valence-corrected chi connectivity index (χ0v) is 25.9. The van der Waals surface area contributed by atoms with Gasteiger partial charge in [0.15, 0.2) is 0 Å². The number of fused-ring (bicyclic) bond motifs is 6. The second kappa shape index (κ2) is 10.6. The number of aromatic nitrogens is 2. The minimum Gasteiger partial charge on any atom is -0.309 e. The SMILES string of the molecule is Cc1ccc(-n2c3ccccc3c3cc(-c4ccc(-c5ccc6c(c5)c5ccccc5n6-c5ccc(C#N)cc5)cc4)ccc32)cc1. The minimum absolute atomic E-state index is 0.661. The molecule has 2 heterocycles. The van der Waals surface area contributed by atoms with Crippen LogP contribution >= 0.6 is 0 Å². The number of para-hydroxylation sites is 2. The summed E-state index contributed by atoms with van der Waals surface area (Å²) < 4.78 is 4.65.